The van der Waals surface area contributed by atoms with Gasteiger partial charge in [0.15, 0.2) is 0 Å². The Morgan fingerprint density at radius 2 is 1.71 bits per heavy atom. The second kappa shape index (κ2) is 7.37. The lowest BCUT2D eigenvalue weighted by Gasteiger charge is -1.99. The number of hydrogen-bond donors (Lipinski definition) is 2. The van der Waals surface area contributed by atoms with Gasteiger partial charge in [-0.25, -0.2) is 0 Å². The molecule has 90 valence electrons. The summed E-state index contributed by atoms with van der Waals surface area (Å²) >= 11 is 0. The summed E-state index contributed by atoms with van der Waals surface area (Å²) in [5.74, 6) is 0. The topological polar surface area (TPSA) is 104 Å². The van der Waals surface area contributed by atoms with E-state index in [9.17, 15) is 0 Å². The first-order valence-electron chi connectivity index (χ1n) is 5.20. The number of hydrogen-bond acceptors (Lipinski definition) is 6. The lowest BCUT2D eigenvalue weighted by molar-refractivity contribution is 0.772. The average molecular weight is 232 g/mol. The Labute approximate surface area is 100 Å². The molecule has 0 radical (unpaired) electrons. The highest BCUT2D eigenvalue weighted by Crippen LogP contribution is 2.00. The van der Waals surface area contributed by atoms with Crippen LogP contribution in [0.1, 0.15) is 24.4 Å². The van der Waals surface area contributed by atoms with Crippen molar-refractivity contribution in [2.24, 2.45) is 11.5 Å². The largest absolute Gasteiger partial charge is 0.325 e. The Hall–Kier alpha value is -1.92. The molecule has 0 aliphatic carbocycles. The molecule has 4 N–H and O–H groups in total. The van der Waals surface area contributed by atoms with Crippen LogP contribution in [0.25, 0.3) is 0 Å². The quantitative estimate of drug-likeness (QED) is 0.778. The van der Waals surface area contributed by atoms with Crippen molar-refractivity contribution in [2.75, 3.05) is 0 Å². The molecule has 0 aliphatic heterocycles. The van der Waals surface area contributed by atoms with E-state index in [1.165, 1.54) is 0 Å². The second-order valence-electron chi connectivity index (χ2n) is 3.32. The molecule has 2 heterocycles. The van der Waals surface area contributed by atoms with Crippen LogP contribution in [0.15, 0.2) is 37.2 Å². The Morgan fingerprint density at radius 1 is 1.06 bits per heavy atom. The fourth-order valence-corrected chi connectivity index (χ4v) is 0.981. The molecule has 0 bridgehead atoms. The van der Waals surface area contributed by atoms with Crippen molar-refractivity contribution in [1.82, 2.24) is 19.9 Å². The van der Waals surface area contributed by atoms with E-state index in [4.69, 9.17) is 11.5 Å². The van der Waals surface area contributed by atoms with Gasteiger partial charge in [0.2, 0.25) is 0 Å². The minimum Gasteiger partial charge on any atom is -0.325 e. The van der Waals surface area contributed by atoms with E-state index in [-0.39, 0.29) is 6.04 Å². The van der Waals surface area contributed by atoms with E-state index in [1.54, 1.807) is 37.2 Å². The summed E-state index contributed by atoms with van der Waals surface area (Å²) in [4.78, 5) is 15.6. The lowest BCUT2D eigenvalue weighted by atomic mass is 10.3. The molecule has 1 unspecified atom stereocenters. The zero-order chi connectivity index (χ0) is 12.5. The monoisotopic (exact) mass is 232 g/mol. The van der Waals surface area contributed by atoms with Gasteiger partial charge in [-0.05, 0) is 6.92 Å². The SMILES string of the molecule is CC(N)c1cnccn1.NCc1cnccn1. The van der Waals surface area contributed by atoms with Crippen LogP contribution in [0.5, 0.6) is 0 Å². The van der Waals surface area contributed by atoms with Crippen LogP contribution >= 0.6 is 0 Å². The van der Waals surface area contributed by atoms with Crippen molar-refractivity contribution < 1.29 is 0 Å². The molecule has 0 aliphatic rings. The first-order valence-corrected chi connectivity index (χ1v) is 5.20. The molecule has 6 nitrogen and oxygen atoms in total. The molecule has 0 saturated heterocycles. The first kappa shape index (κ1) is 13.1. The predicted octanol–water partition coefficient (Wildman–Crippen LogP) is 0.432. The van der Waals surface area contributed by atoms with Gasteiger partial charge in [0.1, 0.15) is 0 Å². The summed E-state index contributed by atoms with van der Waals surface area (Å²) in [5, 5.41) is 0. The third kappa shape index (κ3) is 5.10. The van der Waals surface area contributed by atoms with Crippen LogP contribution < -0.4 is 11.5 Å². The van der Waals surface area contributed by atoms with Gasteiger partial charge in [-0.1, -0.05) is 0 Å². The molecular weight excluding hydrogens is 216 g/mol. The zero-order valence-corrected chi connectivity index (χ0v) is 9.69. The molecule has 1 atom stereocenters. The van der Waals surface area contributed by atoms with Gasteiger partial charge in [0, 0.05) is 49.8 Å². The molecule has 2 rings (SSSR count). The third-order valence-corrected chi connectivity index (χ3v) is 1.88. The fraction of sp³-hybridized carbons (Fsp3) is 0.273. The Kier molecular flexibility index (Phi) is 5.70. The van der Waals surface area contributed by atoms with Crippen molar-refractivity contribution in [3.63, 3.8) is 0 Å². The zero-order valence-electron chi connectivity index (χ0n) is 9.69. The van der Waals surface area contributed by atoms with Gasteiger partial charge in [-0.3, -0.25) is 19.9 Å². The van der Waals surface area contributed by atoms with E-state index in [1.807, 2.05) is 6.92 Å². The highest BCUT2D eigenvalue weighted by Gasteiger charge is 1.96. The summed E-state index contributed by atoms with van der Waals surface area (Å²) in [6.07, 6.45) is 9.84. The fourth-order valence-electron chi connectivity index (χ4n) is 0.981. The smallest absolute Gasteiger partial charge is 0.0751 e. The van der Waals surface area contributed by atoms with Gasteiger partial charge >= 0.3 is 0 Å². The number of rotatable bonds is 2. The van der Waals surface area contributed by atoms with Gasteiger partial charge in [-0.2, -0.15) is 0 Å². The van der Waals surface area contributed by atoms with E-state index in [2.05, 4.69) is 19.9 Å². The minimum absolute atomic E-state index is 0.0151. The maximum atomic E-state index is 5.51. The van der Waals surface area contributed by atoms with Gasteiger partial charge < -0.3 is 11.5 Å². The van der Waals surface area contributed by atoms with E-state index in [0.717, 1.165) is 11.4 Å². The molecule has 6 heteroatoms. The van der Waals surface area contributed by atoms with Crippen LogP contribution in [0, 0.1) is 0 Å². The third-order valence-electron chi connectivity index (χ3n) is 1.88. The molecule has 0 spiro atoms. The van der Waals surface area contributed by atoms with Crippen molar-refractivity contribution in [3.05, 3.63) is 48.6 Å². The van der Waals surface area contributed by atoms with E-state index in [0.29, 0.717) is 6.54 Å². The molecule has 2 aromatic heterocycles. The molecule has 2 aromatic rings. The predicted molar refractivity (Wildman–Crippen MR) is 64.6 cm³/mol. The summed E-state index contributed by atoms with van der Waals surface area (Å²) in [7, 11) is 0. The van der Waals surface area contributed by atoms with Crippen molar-refractivity contribution in [2.45, 2.75) is 19.5 Å². The highest BCUT2D eigenvalue weighted by molar-refractivity contribution is 4.98. The molecule has 0 amide bonds. The maximum absolute atomic E-state index is 5.51. The van der Waals surface area contributed by atoms with Crippen LogP contribution in [0.4, 0.5) is 0 Å². The molecule has 0 aromatic carbocycles. The Morgan fingerprint density at radius 3 is 2.00 bits per heavy atom. The number of nitrogens with two attached hydrogens (primary N) is 2. The van der Waals surface area contributed by atoms with Crippen molar-refractivity contribution >= 4 is 0 Å². The Balaban J connectivity index is 0.000000171. The van der Waals surface area contributed by atoms with Gasteiger partial charge in [-0.15, -0.1) is 0 Å². The molecular formula is C11H16N6. The van der Waals surface area contributed by atoms with Crippen LogP contribution in [-0.4, -0.2) is 19.9 Å². The van der Waals surface area contributed by atoms with Crippen molar-refractivity contribution in [1.29, 1.82) is 0 Å². The summed E-state index contributed by atoms with van der Waals surface area (Å²) in [6, 6.07) is -0.0151. The minimum atomic E-state index is -0.0151. The van der Waals surface area contributed by atoms with Gasteiger partial charge in [0.05, 0.1) is 11.4 Å². The summed E-state index contributed by atoms with van der Waals surface area (Å²) < 4.78 is 0. The first-order chi connectivity index (χ1) is 8.24. The molecule has 0 fully saturated rings. The standard InChI is InChI=1S/C6H9N3.C5H7N3/c1-5(7)6-4-8-2-3-9-6;6-3-5-4-7-1-2-8-5/h2-5H,7H2,1H3;1-2,4H,3,6H2. The average Bonchev–Trinajstić information content (AvgIpc) is 2.41. The number of nitrogens with zero attached hydrogens (tertiary/aromatic N) is 4. The second-order valence-corrected chi connectivity index (χ2v) is 3.32. The molecule has 0 saturated carbocycles. The summed E-state index contributed by atoms with van der Waals surface area (Å²) in [6.45, 7) is 2.35. The van der Waals surface area contributed by atoms with Crippen LogP contribution in [-0.2, 0) is 6.54 Å². The van der Waals surface area contributed by atoms with Crippen LogP contribution in [0.2, 0.25) is 0 Å². The van der Waals surface area contributed by atoms with E-state index < -0.39 is 0 Å². The highest BCUT2D eigenvalue weighted by atomic mass is 14.8. The number of aromatic nitrogens is 4. The lowest BCUT2D eigenvalue weighted by Crippen LogP contribution is -2.06. The summed E-state index contributed by atoms with van der Waals surface area (Å²) in [5.41, 5.74) is 12.4. The van der Waals surface area contributed by atoms with Crippen LogP contribution in [0.3, 0.4) is 0 Å². The van der Waals surface area contributed by atoms with Crippen molar-refractivity contribution in [3.8, 4) is 0 Å². The Bertz CT molecular complexity index is 403. The van der Waals surface area contributed by atoms with E-state index >= 15 is 0 Å². The normalized spacial score (nSPS) is 11.2. The van der Waals surface area contributed by atoms with Gasteiger partial charge in [0.25, 0.3) is 0 Å². The maximum Gasteiger partial charge on any atom is 0.0751 e. The molecule has 17 heavy (non-hydrogen) atoms.